The fraction of sp³-hybridized carbons (Fsp3) is 0. The predicted molar refractivity (Wildman–Crippen MR) is 213 cm³/mol. The molecule has 3 aromatic heterocycles. The van der Waals surface area contributed by atoms with Crippen LogP contribution in [0.3, 0.4) is 0 Å². The SMILES string of the molecule is c1ccc(-c2nc(-c3cccc(-c4cccc(-c5nc6ccccc6n5-c5ccccc5)c4)c3)nc3c4ccccc4n(-c4ccccc4)c23)cc1. The zero-order valence-electron chi connectivity index (χ0n) is 28.1. The molecule has 0 aliphatic carbocycles. The Hall–Kier alpha value is -7.11. The molecule has 0 atom stereocenters. The number of nitrogens with zero attached hydrogens (tertiary/aromatic N) is 5. The van der Waals surface area contributed by atoms with E-state index in [9.17, 15) is 0 Å². The number of rotatable bonds is 6. The van der Waals surface area contributed by atoms with Crippen molar-refractivity contribution in [2.24, 2.45) is 0 Å². The normalized spacial score (nSPS) is 11.5. The molecule has 0 bridgehead atoms. The standard InChI is InChI=1S/C47H31N5/c1-4-16-32(17-5-1)43-45-44(39-26-10-12-28-41(39)51(45)37-22-6-2-7-23-37)50-46(49-43)35-20-14-18-33(30-35)34-19-15-21-36(31-34)47-48-40-27-11-13-29-42(40)52(47)38-24-8-3-9-25-38/h1-31H. The van der Waals surface area contributed by atoms with Crippen LogP contribution in [0.15, 0.2) is 188 Å². The second kappa shape index (κ2) is 12.3. The molecule has 0 saturated carbocycles. The zero-order chi connectivity index (χ0) is 34.4. The molecule has 0 amide bonds. The summed E-state index contributed by atoms with van der Waals surface area (Å²) in [7, 11) is 0. The largest absolute Gasteiger partial charge is 0.306 e. The molecule has 0 fully saturated rings. The zero-order valence-corrected chi connectivity index (χ0v) is 28.1. The number of hydrogen-bond donors (Lipinski definition) is 0. The van der Waals surface area contributed by atoms with Gasteiger partial charge in [-0.1, -0.05) is 133 Å². The highest BCUT2D eigenvalue weighted by molar-refractivity contribution is 6.11. The Bertz CT molecular complexity index is 2890. The third kappa shape index (κ3) is 4.98. The van der Waals surface area contributed by atoms with Crippen LogP contribution >= 0.6 is 0 Å². The van der Waals surface area contributed by atoms with Gasteiger partial charge in [0.05, 0.1) is 27.8 Å². The molecule has 244 valence electrons. The molecule has 5 nitrogen and oxygen atoms in total. The van der Waals surface area contributed by atoms with Crippen molar-refractivity contribution in [1.29, 1.82) is 0 Å². The van der Waals surface area contributed by atoms with Crippen LogP contribution in [-0.4, -0.2) is 24.1 Å². The molecule has 52 heavy (non-hydrogen) atoms. The number of imidazole rings is 1. The first kappa shape index (κ1) is 29.8. The van der Waals surface area contributed by atoms with Gasteiger partial charge in [0, 0.05) is 33.5 Å². The van der Waals surface area contributed by atoms with Crippen molar-refractivity contribution in [2.75, 3.05) is 0 Å². The van der Waals surface area contributed by atoms with E-state index in [1.165, 1.54) is 0 Å². The maximum absolute atomic E-state index is 5.35. The first-order chi connectivity index (χ1) is 25.8. The summed E-state index contributed by atoms with van der Waals surface area (Å²) in [6.07, 6.45) is 0. The lowest BCUT2D eigenvalue weighted by atomic mass is 10.00. The summed E-state index contributed by atoms with van der Waals surface area (Å²) in [6.45, 7) is 0. The van der Waals surface area contributed by atoms with E-state index in [1.807, 2.05) is 24.3 Å². The fourth-order valence-corrected chi connectivity index (χ4v) is 7.35. The minimum atomic E-state index is 0.686. The van der Waals surface area contributed by atoms with Crippen LogP contribution < -0.4 is 0 Å². The van der Waals surface area contributed by atoms with Gasteiger partial charge in [-0.25, -0.2) is 15.0 Å². The first-order valence-corrected chi connectivity index (χ1v) is 17.5. The van der Waals surface area contributed by atoms with Crippen molar-refractivity contribution in [3.63, 3.8) is 0 Å². The van der Waals surface area contributed by atoms with Crippen LogP contribution in [0.4, 0.5) is 0 Å². The molecule has 10 aromatic rings. The minimum absolute atomic E-state index is 0.686. The Labute approximate surface area is 300 Å². The molecule has 3 heterocycles. The van der Waals surface area contributed by atoms with Gasteiger partial charge in [0.25, 0.3) is 0 Å². The Morgan fingerprint density at radius 2 is 0.904 bits per heavy atom. The van der Waals surface area contributed by atoms with E-state index in [-0.39, 0.29) is 0 Å². The van der Waals surface area contributed by atoms with Crippen LogP contribution in [0.1, 0.15) is 0 Å². The lowest BCUT2D eigenvalue weighted by molar-refractivity contribution is 1.10. The summed E-state index contributed by atoms with van der Waals surface area (Å²) in [5.41, 5.74) is 13.3. The monoisotopic (exact) mass is 665 g/mol. The lowest BCUT2D eigenvalue weighted by Crippen LogP contribution is -1.99. The summed E-state index contributed by atoms with van der Waals surface area (Å²) < 4.78 is 4.53. The summed E-state index contributed by atoms with van der Waals surface area (Å²) in [4.78, 5) is 15.8. The van der Waals surface area contributed by atoms with Crippen LogP contribution in [0.25, 0.3) is 89.5 Å². The Kier molecular flexibility index (Phi) is 7.07. The van der Waals surface area contributed by atoms with Crippen molar-refractivity contribution >= 4 is 33.0 Å². The van der Waals surface area contributed by atoms with E-state index in [1.54, 1.807) is 0 Å². The highest BCUT2D eigenvalue weighted by atomic mass is 15.1. The Morgan fingerprint density at radius 1 is 0.365 bits per heavy atom. The van der Waals surface area contributed by atoms with Gasteiger partial charge < -0.3 is 4.57 Å². The average Bonchev–Trinajstić information content (AvgIpc) is 3.78. The second-order valence-electron chi connectivity index (χ2n) is 12.9. The van der Waals surface area contributed by atoms with Crippen molar-refractivity contribution < 1.29 is 0 Å². The predicted octanol–water partition coefficient (Wildman–Crippen LogP) is 11.6. The van der Waals surface area contributed by atoms with E-state index in [0.29, 0.717) is 5.82 Å². The Balaban J connectivity index is 1.14. The topological polar surface area (TPSA) is 48.5 Å². The summed E-state index contributed by atoms with van der Waals surface area (Å²) in [6, 6.07) is 65.3. The molecule has 0 N–H and O–H groups in total. The summed E-state index contributed by atoms with van der Waals surface area (Å²) >= 11 is 0. The first-order valence-electron chi connectivity index (χ1n) is 17.5. The van der Waals surface area contributed by atoms with Gasteiger partial charge in [0.2, 0.25) is 0 Å². The number of hydrogen-bond acceptors (Lipinski definition) is 3. The number of benzene rings is 7. The molecule has 0 saturated heterocycles. The molecular formula is C47H31N5. The molecule has 0 unspecified atom stereocenters. The van der Waals surface area contributed by atoms with Crippen molar-refractivity contribution in [1.82, 2.24) is 24.1 Å². The van der Waals surface area contributed by atoms with Crippen molar-refractivity contribution in [2.45, 2.75) is 0 Å². The summed E-state index contributed by atoms with van der Waals surface area (Å²) in [5.74, 6) is 1.59. The molecule has 10 rings (SSSR count). The van der Waals surface area contributed by atoms with Gasteiger partial charge in [-0.15, -0.1) is 0 Å². The van der Waals surface area contributed by atoms with Crippen molar-refractivity contribution in [3.05, 3.63) is 188 Å². The van der Waals surface area contributed by atoms with Crippen LogP contribution in [-0.2, 0) is 0 Å². The molecular weight excluding hydrogens is 635 g/mol. The van der Waals surface area contributed by atoms with Gasteiger partial charge >= 0.3 is 0 Å². The van der Waals surface area contributed by atoms with E-state index in [2.05, 4.69) is 173 Å². The maximum Gasteiger partial charge on any atom is 0.160 e. The molecule has 5 heteroatoms. The molecule has 0 aliphatic heterocycles. The minimum Gasteiger partial charge on any atom is -0.306 e. The summed E-state index contributed by atoms with van der Waals surface area (Å²) in [5, 5.41) is 1.09. The lowest BCUT2D eigenvalue weighted by Gasteiger charge is -2.13. The number of aromatic nitrogens is 5. The molecule has 0 radical (unpaired) electrons. The maximum atomic E-state index is 5.35. The third-order valence-corrected chi connectivity index (χ3v) is 9.72. The van der Waals surface area contributed by atoms with Gasteiger partial charge in [-0.2, -0.15) is 0 Å². The molecule has 7 aromatic carbocycles. The van der Waals surface area contributed by atoms with Gasteiger partial charge in [0.15, 0.2) is 5.82 Å². The van der Waals surface area contributed by atoms with E-state index in [0.717, 1.165) is 83.7 Å². The average molecular weight is 666 g/mol. The smallest absolute Gasteiger partial charge is 0.160 e. The second-order valence-corrected chi connectivity index (χ2v) is 12.9. The third-order valence-electron chi connectivity index (χ3n) is 9.72. The van der Waals surface area contributed by atoms with Crippen LogP contribution in [0.5, 0.6) is 0 Å². The number of fused-ring (bicyclic) bond motifs is 4. The van der Waals surface area contributed by atoms with Crippen LogP contribution in [0, 0.1) is 0 Å². The quantitative estimate of drug-likeness (QED) is 0.178. The van der Waals surface area contributed by atoms with E-state index >= 15 is 0 Å². The Morgan fingerprint density at radius 3 is 1.63 bits per heavy atom. The van der Waals surface area contributed by atoms with Gasteiger partial charge in [-0.3, -0.25) is 4.57 Å². The van der Waals surface area contributed by atoms with Gasteiger partial charge in [-0.05, 0) is 65.7 Å². The van der Waals surface area contributed by atoms with Gasteiger partial charge in [0.1, 0.15) is 11.3 Å². The van der Waals surface area contributed by atoms with Crippen molar-refractivity contribution in [3.8, 4) is 56.5 Å². The fourth-order valence-electron chi connectivity index (χ4n) is 7.35. The highest BCUT2D eigenvalue weighted by Gasteiger charge is 2.21. The van der Waals surface area contributed by atoms with E-state index < -0.39 is 0 Å². The van der Waals surface area contributed by atoms with E-state index in [4.69, 9.17) is 15.0 Å². The molecule has 0 spiro atoms. The highest BCUT2D eigenvalue weighted by Crippen LogP contribution is 2.38. The number of para-hydroxylation sites is 5. The van der Waals surface area contributed by atoms with Crippen LogP contribution in [0.2, 0.25) is 0 Å². The molecule has 0 aliphatic rings.